The van der Waals surface area contributed by atoms with Gasteiger partial charge in [-0.15, -0.1) is 0 Å². The van der Waals surface area contributed by atoms with Crippen molar-refractivity contribution in [3.8, 4) is 0 Å². The molecule has 2 heterocycles. The molecule has 1 aliphatic heterocycles. The Morgan fingerprint density at radius 3 is 3.19 bits per heavy atom. The molecule has 3 rings (SSSR count). The van der Waals surface area contributed by atoms with Gasteiger partial charge in [0.1, 0.15) is 5.58 Å². The van der Waals surface area contributed by atoms with E-state index in [-0.39, 0.29) is 0 Å². The summed E-state index contributed by atoms with van der Waals surface area (Å²) in [6.45, 7) is 2.36. The molecule has 1 atom stereocenters. The van der Waals surface area contributed by atoms with Gasteiger partial charge in [0.25, 0.3) is 0 Å². The number of furan rings is 1. The van der Waals surface area contributed by atoms with Crippen molar-refractivity contribution in [3.05, 3.63) is 36.1 Å². The van der Waals surface area contributed by atoms with E-state index in [1.807, 2.05) is 6.07 Å². The van der Waals surface area contributed by atoms with Crippen molar-refractivity contribution < 1.29 is 4.42 Å². The Labute approximate surface area is 95.6 Å². The van der Waals surface area contributed by atoms with Gasteiger partial charge in [0, 0.05) is 5.39 Å². The predicted octanol–water partition coefficient (Wildman–Crippen LogP) is 2.97. The summed E-state index contributed by atoms with van der Waals surface area (Å²) in [5.74, 6) is 0.804. The second-order valence-corrected chi connectivity index (χ2v) is 4.71. The fourth-order valence-corrected chi connectivity index (χ4v) is 2.57. The average molecular weight is 215 g/mol. The van der Waals surface area contributed by atoms with E-state index >= 15 is 0 Å². The van der Waals surface area contributed by atoms with E-state index in [0.717, 1.165) is 11.5 Å². The lowest BCUT2D eigenvalue weighted by Gasteiger charge is -2.22. The second-order valence-electron chi connectivity index (χ2n) is 4.71. The van der Waals surface area contributed by atoms with Gasteiger partial charge in [-0.1, -0.05) is 6.07 Å². The summed E-state index contributed by atoms with van der Waals surface area (Å²) in [6.07, 6.45) is 5.62. The lowest BCUT2D eigenvalue weighted by Crippen LogP contribution is -2.30. The number of benzene rings is 1. The van der Waals surface area contributed by atoms with Crippen molar-refractivity contribution in [3.63, 3.8) is 0 Å². The molecule has 16 heavy (non-hydrogen) atoms. The number of hydrogen-bond acceptors (Lipinski definition) is 2. The van der Waals surface area contributed by atoms with E-state index in [1.165, 1.54) is 43.3 Å². The molecule has 1 unspecified atom stereocenters. The SMILES string of the molecule is c1cc2cc(CC3CCCNC3)ccc2o1. The zero-order valence-corrected chi connectivity index (χ0v) is 9.41. The smallest absolute Gasteiger partial charge is 0.133 e. The topological polar surface area (TPSA) is 25.2 Å². The van der Waals surface area contributed by atoms with Crippen molar-refractivity contribution >= 4 is 11.0 Å². The van der Waals surface area contributed by atoms with Crippen LogP contribution in [0.1, 0.15) is 18.4 Å². The zero-order valence-electron chi connectivity index (χ0n) is 9.41. The summed E-state index contributed by atoms with van der Waals surface area (Å²) in [4.78, 5) is 0. The van der Waals surface area contributed by atoms with Crippen LogP contribution in [0.15, 0.2) is 34.9 Å². The second kappa shape index (κ2) is 4.30. The molecule has 0 radical (unpaired) electrons. The van der Waals surface area contributed by atoms with Crippen LogP contribution in [0.4, 0.5) is 0 Å². The molecule has 0 spiro atoms. The third kappa shape index (κ3) is 1.98. The summed E-state index contributed by atoms with van der Waals surface area (Å²) < 4.78 is 5.35. The van der Waals surface area contributed by atoms with Gasteiger partial charge >= 0.3 is 0 Å². The third-order valence-corrected chi connectivity index (χ3v) is 3.44. The molecule has 0 bridgehead atoms. The summed E-state index contributed by atoms with van der Waals surface area (Å²) >= 11 is 0. The Balaban J connectivity index is 1.77. The van der Waals surface area contributed by atoms with Gasteiger partial charge in [-0.2, -0.15) is 0 Å². The average Bonchev–Trinajstić information content (AvgIpc) is 2.77. The van der Waals surface area contributed by atoms with E-state index < -0.39 is 0 Å². The Morgan fingerprint density at radius 2 is 2.31 bits per heavy atom. The van der Waals surface area contributed by atoms with E-state index in [4.69, 9.17) is 4.42 Å². The minimum absolute atomic E-state index is 0.804. The number of piperidine rings is 1. The normalized spacial score (nSPS) is 21.4. The first-order valence-electron chi connectivity index (χ1n) is 6.09. The first-order chi connectivity index (χ1) is 7.92. The number of rotatable bonds is 2. The highest BCUT2D eigenvalue weighted by atomic mass is 16.3. The minimum atomic E-state index is 0.804. The van der Waals surface area contributed by atoms with Crippen molar-refractivity contribution in [2.45, 2.75) is 19.3 Å². The van der Waals surface area contributed by atoms with E-state index in [2.05, 4.69) is 23.5 Å². The van der Waals surface area contributed by atoms with Crippen LogP contribution in [0.5, 0.6) is 0 Å². The van der Waals surface area contributed by atoms with Crippen molar-refractivity contribution in [1.29, 1.82) is 0 Å². The quantitative estimate of drug-likeness (QED) is 0.833. The molecule has 2 nitrogen and oxygen atoms in total. The summed E-state index contributed by atoms with van der Waals surface area (Å²) in [6, 6.07) is 8.58. The fraction of sp³-hybridized carbons (Fsp3) is 0.429. The molecule has 2 aromatic rings. The van der Waals surface area contributed by atoms with Crippen LogP contribution in [-0.4, -0.2) is 13.1 Å². The van der Waals surface area contributed by atoms with Crippen LogP contribution in [0.25, 0.3) is 11.0 Å². The molecule has 1 fully saturated rings. The molecule has 1 aliphatic rings. The molecule has 1 aromatic heterocycles. The number of hydrogen-bond donors (Lipinski definition) is 1. The highest BCUT2D eigenvalue weighted by molar-refractivity contribution is 5.77. The summed E-state index contributed by atoms with van der Waals surface area (Å²) in [7, 11) is 0. The lowest BCUT2D eigenvalue weighted by atomic mass is 9.92. The Kier molecular flexibility index (Phi) is 2.66. The van der Waals surface area contributed by atoms with Gasteiger partial charge in [0.15, 0.2) is 0 Å². The molecule has 84 valence electrons. The zero-order chi connectivity index (χ0) is 10.8. The molecule has 0 aliphatic carbocycles. The van der Waals surface area contributed by atoms with E-state index in [1.54, 1.807) is 6.26 Å². The highest BCUT2D eigenvalue weighted by Gasteiger charge is 2.13. The minimum Gasteiger partial charge on any atom is -0.464 e. The van der Waals surface area contributed by atoms with Gasteiger partial charge in [0.05, 0.1) is 6.26 Å². The molecule has 0 amide bonds. The molecular weight excluding hydrogens is 198 g/mol. The van der Waals surface area contributed by atoms with Crippen LogP contribution in [0, 0.1) is 5.92 Å². The Hall–Kier alpha value is -1.28. The van der Waals surface area contributed by atoms with E-state index in [9.17, 15) is 0 Å². The van der Waals surface area contributed by atoms with Gasteiger partial charge in [-0.25, -0.2) is 0 Å². The monoisotopic (exact) mass is 215 g/mol. The van der Waals surface area contributed by atoms with Crippen molar-refractivity contribution in [2.24, 2.45) is 5.92 Å². The molecule has 1 N–H and O–H groups in total. The molecule has 0 saturated carbocycles. The first kappa shape index (κ1) is 9.91. The van der Waals surface area contributed by atoms with E-state index in [0.29, 0.717) is 0 Å². The summed E-state index contributed by atoms with van der Waals surface area (Å²) in [5, 5.41) is 4.69. The van der Waals surface area contributed by atoms with Crippen LogP contribution in [0.3, 0.4) is 0 Å². The standard InChI is InChI=1S/C14H17NO/c1-2-12(10-15-6-1)8-11-3-4-14-13(9-11)5-7-16-14/h3-5,7,9,12,15H,1-2,6,8,10H2. The maximum Gasteiger partial charge on any atom is 0.133 e. The predicted molar refractivity (Wildman–Crippen MR) is 65.5 cm³/mol. The van der Waals surface area contributed by atoms with Crippen LogP contribution in [-0.2, 0) is 6.42 Å². The first-order valence-corrected chi connectivity index (χ1v) is 6.09. The van der Waals surface area contributed by atoms with Crippen LogP contribution >= 0.6 is 0 Å². The maximum atomic E-state index is 5.35. The lowest BCUT2D eigenvalue weighted by molar-refractivity contribution is 0.376. The maximum absolute atomic E-state index is 5.35. The van der Waals surface area contributed by atoms with Gasteiger partial charge < -0.3 is 9.73 Å². The summed E-state index contributed by atoms with van der Waals surface area (Å²) in [5.41, 5.74) is 2.42. The van der Waals surface area contributed by atoms with Gasteiger partial charge in [0.2, 0.25) is 0 Å². The molecule has 2 heteroatoms. The largest absolute Gasteiger partial charge is 0.464 e. The molecule has 1 aromatic carbocycles. The third-order valence-electron chi connectivity index (χ3n) is 3.44. The molecular formula is C14H17NO. The van der Waals surface area contributed by atoms with Gasteiger partial charge in [-0.05, 0) is 62.0 Å². The molecule has 1 saturated heterocycles. The fourth-order valence-electron chi connectivity index (χ4n) is 2.57. The van der Waals surface area contributed by atoms with Crippen LogP contribution in [0.2, 0.25) is 0 Å². The van der Waals surface area contributed by atoms with Gasteiger partial charge in [-0.3, -0.25) is 0 Å². The van der Waals surface area contributed by atoms with Crippen molar-refractivity contribution in [1.82, 2.24) is 5.32 Å². The Bertz CT molecular complexity index is 468. The highest BCUT2D eigenvalue weighted by Crippen LogP contribution is 2.21. The number of fused-ring (bicyclic) bond motifs is 1. The Morgan fingerprint density at radius 1 is 1.31 bits per heavy atom. The van der Waals surface area contributed by atoms with Crippen LogP contribution < -0.4 is 5.32 Å². The van der Waals surface area contributed by atoms with Crippen molar-refractivity contribution in [2.75, 3.05) is 13.1 Å². The number of nitrogens with one attached hydrogen (secondary N) is 1.